The highest BCUT2D eigenvalue weighted by Crippen LogP contribution is 2.30. The number of fused-ring (bicyclic) bond motifs is 1. The van der Waals surface area contributed by atoms with Crippen LogP contribution < -0.4 is 5.73 Å². The van der Waals surface area contributed by atoms with Gasteiger partial charge in [0.2, 0.25) is 0 Å². The van der Waals surface area contributed by atoms with Crippen molar-refractivity contribution in [2.75, 3.05) is 0 Å². The molecule has 0 heterocycles. The zero-order chi connectivity index (χ0) is 15.1. The van der Waals surface area contributed by atoms with Gasteiger partial charge in [-0.3, -0.25) is 0 Å². The zero-order valence-corrected chi connectivity index (χ0v) is 13.7. The number of benzene rings is 1. The fourth-order valence-corrected chi connectivity index (χ4v) is 3.34. The Kier molecular flexibility index (Phi) is 6.72. The average molecular weight is 289 g/mol. The van der Waals surface area contributed by atoms with Crippen LogP contribution in [-0.2, 0) is 11.2 Å². The van der Waals surface area contributed by atoms with E-state index in [1.54, 1.807) is 0 Å². The lowest BCUT2D eigenvalue weighted by Gasteiger charge is -2.27. The van der Waals surface area contributed by atoms with Crippen LogP contribution in [0.15, 0.2) is 24.3 Å². The Morgan fingerprint density at radius 1 is 1.24 bits per heavy atom. The van der Waals surface area contributed by atoms with Crippen LogP contribution in [0.5, 0.6) is 0 Å². The average Bonchev–Trinajstić information content (AvgIpc) is 2.64. The Morgan fingerprint density at radius 3 is 2.86 bits per heavy atom. The van der Waals surface area contributed by atoms with Gasteiger partial charge in [0.05, 0.1) is 18.2 Å². The highest BCUT2D eigenvalue weighted by atomic mass is 16.5. The van der Waals surface area contributed by atoms with Crippen LogP contribution in [0, 0.1) is 0 Å². The molecular formula is C19H31NO. The number of hydrogen-bond donors (Lipinski definition) is 1. The second-order valence-corrected chi connectivity index (χ2v) is 6.45. The van der Waals surface area contributed by atoms with Crippen molar-refractivity contribution in [1.29, 1.82) is 0 Å². The third-order valence-corrected chi connectivity index (χ3v) is 4.62. The van der Waals surface area contributed by atoms with Crippen LogP contribution in [0.4, 0.5) is 0 Å². The molecule has 2 rings (SSSR count). The first-order valence-electron chi connectivity index (χ1n) is 8.71. The molecule has 0 saturated carbocycles. The number of nitrogens with two attached hydrogens (primary N) is 1. The number of ether oxygens (including phenoxy) is 1. The third-order valence-electron chi connectivity index (χ3n) is 4.62. The Bertz CT molecular complexity index is 418. The van der Waals surface area contributed by atoms with E-state index >= 15 is 0 Å². The molecule has 0 aromatic heterocycles. The maximum absolute atomic E-state index is 6.49. The van der Waals surface area contributed by atoms with E-state index in [0.717, 1.165) is 19.3 Å². The fourth-order valence-electron chi connectivity index (χ4n) is 3.34. The van der Waals surface area contributed by atoms with Crippen molar-refractivity contribution < 1.29 is 4.74 Å². The lowest BCUT2D eigenvalue weighted by atomic mass is 9.98. The molecule has 3 atom stereocenters. The van der Waals surface area contributed by atoms with Crippen LogP contribution in [0.1, 0.15) is 76.0 Å². The summed E-state index contributed by atoms with van der Waals surface area (Å²) in [6.45, 7) is 4.46. The lowest BCUT2D eigenvalue weighted by Crippen LogP contribution is -2.31. The quantitative estimate of drug-likeness (QED) is 0.580. The largest absolute Gasteiger partial charge is 0.373 e. The molecule has 1 aliphatic carbocycles. The minimum Gasteiger partial charge on any atom is -0.373 e. The molecule has 1 aliphatic rings. The summed E-state index contributed by atoms with van der Waals surface area (Å²) in [5, 5.41) is 0. The Labute approximate surface area is 130 Å². The van der Waals surface area contributed by atoms with Gasteiger partial charge in [-0.25, -0.2) is 0 Å². The molecule has 0 saturated heterocycles. The number of rotatable bonds is 7. The van der Waals surface area contributed by atoms with E-state index in [1.807, 2.05) is 0 Å². The Balaban J connectivity index is 1.88. The van der Waals surface area contributed by atoms with E-state index in [1.165, 1.54) is 43.2 Å². The Morgan fingerprint density at radius 2 is 2.05 bits per heavy atom. The smallest absolute Gasteiger partial charge is 0.0771 e. The summed E-state index contributed by atoms with van der Waals surface area (Å²) in [6.07, 6.45) is 10.3. The van der Waals surface area contributed by atoms with E-state index in [0.29, 0.717) is 6.10 Å². The lowest BCUT2D eigenvalue weighted by molar-refractivity contribution is -0.0247. The molecule has 0 bridgehead atoms. The molecule has 2 N–H and O–H groups in total. The van der Waals surface area contributed by atoms with Gasteiger partial charge in [-0.15, -0.1) is 0 Å². The molecule has 0 radical (unpaired) electrons. The van der Waals surface area contributed by atoms with Gasteiger partial charge in [0, 0.05) is 0 Å². The first kappa shape index (κ1) is 16.5. The van der Waals surface area contributed by atoms with Crippen LogP contribution in [0.3, 0.4) is 0 Å². The molecule has 1 aromatic rings. The molecule has 1 aromatic carbocycles. The highest BCUT2D eigenvalue weighted by Gasteiger charge is 2.26. The molecule has 118 valence electrons. The number of unbranched alkanes of at least 4 members (excludes halogenated alkanes) is 3. The molecule has 0 aliphatic heterocycles. The first-order valence-corrected chi connectivity index (χ1v) is 8.71. The number of hydrogen-bond acceptors (Lipinski definition) is 2. The van der Waals surface area contributed by atoms with Gasteiger partial charge >= 0.3 is 0 Å². The minimum atomic E-state index is 0.0294. The number of aryl methyl sites for hydroxylation is 1. The van der Waals surface area contributed by atoms with Gasteiger partial charge in [0.25, 0.3) is 0 Å². The molecular weight excluding hydrogens is 258 g/mol. The van der Waals surface area contributed by atoms with E-state index < -0.39 is 0 Å². The van der Waals surface area contributed by atoms with Crippen molar-refractivity contribution in [3.63, 3.8) is 0 Å². The first-order chi connectivity index (χ1) is 10.2. The second kappa shape index (κ2) is 8.55. The van der Waals surface area contributed by atoms with Gasteiger partial charge in [-0.05, 0) is 43.7 Å². The second-order valence-electron chi connectivity index (χ2n) is 6.45. The van der Waals surface area contributed by atoms with E-state index in [4.69, 9.17) is 10.5 Å². The van der Waals surface area contributed by atoms with Crippen molar-refractivity contribution in [3.8, 4) is 0 Å². The molecule has 2 nitrogen and oxygen atoms in total. The Hall–Kier alpha value is -0.860. The van der Waals surface area contributed by atoms with E-state index in [-0.39, 0.29) is 12.1 Å². The predicted molar refractivity (Wildman–Crippen MR) is 89.4 cm³/mol. The van der Waals surface area contributed by atoms with Gasteiger partial charge < -0.3 is 10.5 Å². The summed E-state index contributed by atoms with van der Waals surface area (Å²) in [6, 6.07) is 8.62. The normalized spacial score (nSPS) is 23.4. The van der Waals surface area contributed by atoms with E-state index in [2.05, 4.69) is 38.1 Å². The standard InChI is InChI=1S/C19H31NO/c1-3-4-5-6-10-15(2)21-18-14-9-12-16-11-7-8-13-17(16)19(18)20/h7-8,11,13,15,18-19H,3-6,9-10,12,14,20H2,1-2H3. The van der Waals surface area contributed by atoms with Crippen molar-refractivity contribution >= 4 is 0 Å². The summed E-state index contributed by atoms with van der Waals surface area (Å²) >= 11 is 0. The maximum Gasteiger partial charge on any atom is 0.0771 e. The molecule has 21 heavy (non-hydrogen) atoms. The summed E-state index contributed by atoms with van der Waals surface area (Å²) < 4.78 is 6.30. The SMILES string of the molecule is CCCCCCC(C)OC1CCCc2ccccc2C1N. The summed E-state index contributed by atoms with van der Waals surface area (Å²) in [5.74, 6) is 0. The molecule has 0 amide bonds. The van der Waals surface area contributed by atoms with Crippen LogP contribution in [0.25, 0.3) is 0 Å². The molecule has 3 unspecified atom stereocenters. The van der Waals surface area contributed by atoms with Crippen LogP contribution >= 0.6 is 0 Å². The molecule has 2 heteroatoms. The molecule has 0 spiro atoms. The molecule has 0 fully saturated rings. The summed E-state index contributed by atoms with van der Waals surface area (Å²) in [5.41, 5.74) is 9.19. The predicted octanol–water partition coefficient (Wildman–Crippen LogP) is 4.77. The van der Waals surface area contributed by atoms with Gasteiger partial charge in [0.1, 0.15) is 0 Å². The highest BCUT2D eigenvalue weighted by molar-refractivity contribution is 5.31. The van der Waals surface area contributed by atoms with Gasteiger partial charge in [0.15, 0.2) is 0 Å². The van der Waals surface area contributed by atoms with Gasteiger partial charge in [-0.2, -0.15) is 0 Å². The van der Waals surface area contributed by atoms with Crippen molar-refractivity contribution in [3.05, 3.63) is 35.4 Å². The summed E-state index contributed by atoms with van der Waals surface area (Å²) in [7, 11) is 0. The fraction of sp³-hybridized carbons (Fsp3) is 0.684. The van der Waals surface area contributed by atoms with Crippen LogP contribution in [0.2, 0.25) is 0 Å². The topological polar surface area (TPSA) is 35.2 Å². The van der Waals surface area contributed by atoms with Crippen molar-refractivity contribution in [2.24, 2.45) is 5.73 Å². The minimum absolute atomic E-state index is 0.0294. The maximum atomic E-state index is 6.49. The zero-order valence-electron chi connectivity index (χ0n) is 13.7. The monoisotopic (exact) mass is 289 g/mol. The third kappa shape index (κ3) is 4.82. The van der Waals surface area contributed by atoms with E-state index in [9.17, 15) is 0 Å². The van der Waals surface area contributed by atoms with Crippen LogP contribution in [-0.4, -0.2) is 12.2 Å². The van der Waals surface area contributed by atoms with Crippen molar-refractivity contribution in [2.45, 2.75) is 83.5 Å². The summed E-state index contributed by atoms with van der Waals surface area (Å²) in [4.78, 5) is 0. The van der Waals surface area contributed by atoms with Crippen molar-refractivity contribution in [1.82, 2.24) is 0 Å². The van der Waals surface area contributed by atoms with Gasteiger partial charge in [-0.1, -0.05) is 56.9 Å².